The minimum atomic E-state index is -0.586. The van der Waals surface area contributed by atoms with Gasteiger partial charge in [-0.2, -0.15) is 4.98 Å². The van der Waals surface area contributed by atoms with E-state index < -0.39 is 5.41 Å². The van der Waals surface area contributed by atoms with Crippen LogP contribution in [0.2, 0.25) is 0 Å². The van der Waals surface area contributed by atoms with Crippen molar-refractivity contribution < 1.29 is 9.53 Å². The molecule has 33 heavy (non-hydrogen) atoms. The minimum Gasteiger partial charge on any atom is -0.497 e. The normalized spacial score (nSPS) is 14.3. The van der Waals surface area contributed by atoms with Crippen LogP contribution in [0, 0.1) is 0 Å². The molecule has 1 fully saturated rings. The number of aromatic amines is 1. The fourth-order valence-corrected chi connectivity index (χ4v) is 4.06. The number of nitrogens with zero attached hydrogens (tertiary/aromatic N) is 4. The van der Waals surface area contributed by atoms with Crippen molar-refractivity contribution in [2.45, 2.75) is 24.7 Å². The Kier molecular flexibility index (Phi) is 5.21. The molecule has 0 bridgehead atoms. The van der Waals surface area contributed by atoms with Crippen molar-refractivity contribution in [1.29, 1.82) is 0 Å². The number of nitrogens with two attached hydrogens (primary N) is 1. The maximum atomic E-state index is 13.3. The Morgan fingerprint density at radius 1 is 1.00 bits per heavy atom. The van der Waals surface area contributed by atoms with Gasteiger partial charge in [-0.1, -0.05) is 30.7 Å². The van der Waals surface area contributed by atoms with Crippen LogP contribution in [0.4, 0.5) is 11.9 Å². The van der Waals surface area contributed by atoms with Crippen molar-refractivity contribution in [3.8, 4) is 28.3 Å². The van der Waals surface area contributed by atoms with Crippen molar-refractivity contribution in [1.82, 2.24) is 25.1 Å². The van der Waals surface area contributed by atoms with Gasteiger partial charge in [-0.15, -0.1) is 5.10 Å². The molecule has 1 amide bonds. The van der Waals surface area contributed by atoms with Crippen LogP contribution in [-0.4, -0.2) is 38.2 Å². The van der Waals surface area contributed by atoms with Gasteiger partial charge >= 0.3 is 0 Å². The lowest BCUT2D eigenvalue weighted by atomic mass is 9.63. The standard InChI is InChI=1S/C24H23N7O2/c1-33-19-9-5-16(6-10-19)20-28-23(31-30-20)29-21(32)24(11-2-12-24)18-7-3-15(4-8-18)17-13-26-22(25)27-14-17/h3-10,13-14H,2,11-12H2,1H3,(H2,25,26,27)(H2,28,29,30,31,32). The maximum absolute atomic E-state index is 13.3. The SMILES string of the molecule is COc1ccc(-c2nc(NC(=O)C3(c4ccc(-c5cnc(N)nc5)cc4)CCC3)n[nH]2)cc1. The molecule has 5 rings (SSSR count). The summed E-state index contributed by atoms with van der Waals surface area (Å²) in [6, 6.07) is 15.4. The second-order valence-electron chi connectivity index (χ2n) is 8.03. The molecule has 2 heterocycles. The number of nitrogen functional groups attached to an aromatic ring is 1. The number of benzene rings is 2. The topological polar surface area (TPSA) is 132 Å². The van der Waals surface area contributed by atoms with Gasteiger partial charge in [-0.3, -0.25) is 15.2 Å². The van der Waals surface area contributed by atoms with Gasteiger partial charge < -0.3 is 10.5 Å². The molecule has 4 aromatic rings. The Bertz CT molecular complexity index is 1260. The van der Waals surface area contributed by atoms with Gasteiger partial charge in [0.05, 0.1) is 12.5 Å². The molecule has 0 aliphatic heterocycles. The van der Waals surface area contributed by atoms with E-state index in [-0.39, 0.29) is 17.8 Å². The molecule has 0 saturated heterocycles. The van der Waals surface area contributed by atoms with Crippen molar-refractivity contribution in [2.75, 3.05) is 18.2 Å². The molecule has 9 nitrogen and oxygen atoms in total. The molecule has 166 valence electrons. The molecule has 1 aliphatic rings. The van der Waals surface area contributed by atoms with Gasteiger partial charge in [-0.25, -0.2) is 9.97 Å². The molecule has 2 aromatic carbocycles. The monoisotopic (exact) mass is 441 g/mol. The first-order valence-corrected chi connectivity index (χ1v) is 10.6. The van der Waals surface area contributed by atoms with E-state index in [0.29, 0.717) is 5.82 Å². The Hall–Kier alpha value is -4.27. The van der Waals surface area contributed by atoms with E-state index in [2.05, 4.69) is 30.5 Å². The molecular formula is C24H23N7O2. The predicted octanol–water partition coefficient (Wildman–Crippen LogP) is 3.58. The lowest BCUT2D eigenvalue weighted by Gasteiger charge is -2.40. The maximum Gasteiger partial charge on any atom is 0.249 e. The number of anilines is 2. The molecule has 4 N–H and O–H groups in total. The fraction of sp³-hybridized carbons (Fsp3) is 0.208. The van der Waals surface area contributed by atoms with E-state index in [4.69, 9.17) is 10.5 Å². The molecule has 1 saturated carbocycles. The largest absolute Gasteiger partial charge is 0.497 e. The Morgan fingerprint density at radius 2 is 1.67 bits per heavy atom. The van der Waals surface area contributed by atoms with Crippen LogP contribution in [0.3, 0.4) is 0 Å². The van der Waals surface area contributed by atoms with Crippen LogP contribution in [0.1, 0.15) is 24.8 Å². The molecule has 0 unspecified atom stereocenters. The average molecular weight is 441 g/mol. The number of methoxy groups -OCH3 is 1. The zero-order valence-corrected chi connectivity index (χ0v) is 18.1. The summed E-state index contributed by atoms with van der Waals surface area (Å²) in [6.45, 7) is 0. The van der Waals surface area contributed by atoms with Crippen LogP contribution in [-0.2, 0) is 10.2 Å². The van der Waals surface area contributed by atoms with Gasteiger partial charge in [0.25, 0.3) is 0 Å². The lowest BCUT2D eigenvalue weighted by molar-refractivity contribution is -0.124. The van der Waals surface area contributed by atoms with Crippen LogP contribution < -0.4 is 15.8 Å². The van der Waals surface area contributed by atoms with E-state index in [1.54, 1.807) is 19.5 Å². The van der Waals surface area contributed by atoms with Crippen LogP contribution in [0.15, 0.2) is 60.9 Å². The number of hydrogen-bond donors (Lipinski definition) is 3. The Labute approximate surface area is 190 Å². The summed E-state index contributed by atoms with van der Waals surface area (Å²) >= 11 is 0. The quantitative estimate of drug-likeness (QED) is 0.417. The number of rotatable bonds is 6. The summed E-state index contributed by atoms with van der Waals surface area (Å²) in [5.41, 5.74) is 8.64. The third-order valence-corrected chi connectivity index (χ3v) is 6.16. The molecule has 0 radical (unpaired) electrons. The Morgan fingerprint density at radius 3 is 2.27 bits per heavy atom. The number of hydrogen-bond acceptors (Lipinski definition) is 7. The van der Waals surface area contributed by atoms with E-state index in [0.717, 1.165) is 47.3 Å². The number of nitrogens with one attached hydrogen (secondary N) is 2. The predicted molar refractivity (Wildman–Crippen MR) is 124 cm³/mol. The van der Waals surface area contributed by atoms with Crippen LogP contribution in [0.25, 0.3) is 22.5 Å². The number of carbonyl (C=O) groups is 1. The summed E-state index contributed by atoms with van der Waals surface area (Å²) in [7, 11) is 1.62. The first kappa shape index (κ1) is 20.6. The van der Waals surface area contributed by atoms with Crippen LogP contribution in [0.5, 0.6) is 5.75 Å². The number of ether oxygens (including phenoxy) is 1. The molecule has 0 spiro atoms. The molecule has 0 atom stereocenters. The average Bonchev–Trinajstić information content (AvgIpc) is 3.28. The van der Waals surface area contributed by atoms with Gasteiger partial charge in [0.2, 0.25) is 17.8 Å². The minimum absolute atomic E-state index is 0.0994. The molecule has 9 heteroatoms. The second kappa shape index (κ2) is 8.34. The third-order valence-electron chi connectivity index (χ3n) is 6.16. The highest BCUT2D eigenvalue weighted by molar-refractivity contribution is 5.99. The van der Waals surface area contributed by atoms with Crippen LogP contribution >= 0.6 is 0 Å². The lowest BCUT2D eigenvalue weighted by Crippen LogP contribution is -2.46. The summed E-state index contributed by atoms with van der Waals surface area (Å²) in [5.74, 6) is 1.73. The highest BCUT2D eigenvalue weighted by atomic mass is 16.5. The third kappa shape index (κ3) is 3.89. The van der Waals surface area contributed by atoms with E-state index in [1.165, 1.54) is 0 Å². The summed E-state index contributed by atoms with van der Waals surface area (Å²) in [4.78, 5) is 25.8. The van der Waals surface area contributed by atoms with Crippen molar-refractivity contribution >= 4 is 17.8 Å². The molecule has 1 aliphatic carbocycles. The fourth-order valence-electron chi connectivity index (χ4n) is 4.06. The number of carbonyl (C=O) groups excluding carboxylic acids is 1. The number of amides is 1. The van der Waals surface area contributed by atoms with Gasteiger partial charge in [0.15, 0.2) is 5.82 Å². The zero-order chi connectivity index (χ0) is 22.8. The van der Waals surface area contributed by atoms with Gasteiger partial charge in [0, 0.05) is 23.5 Å². The van der Waals surface area contributed by atoms with Crippen molar-refractivity contribution in [3.63, 3.8) is 0 Å². The first-order chi connectivity index (χ1) is 16.1. The number of H-pyrrole nitrogens is 1. The van der Waals surface area contributed by atoms with E-state index in [1.807, 2.05) is 48.5 Å². The Balaban J connectivity index is 1.33. The summed E-state index contributed by atoms with van der Waals surface area (Å²) < 4.78 is 5.18. The van der Waals surface area contributed by atoms with Crippen molar-refractivity contribution in [3.05, 3.63) is 66.5 Å². The summed E-state index contributed by atoms with van der Waals surface area (Å²) in [5, 5.41) is 9.96. The van der Waals surface area contributed by atoms with E-state index in [9.17, 15) is 4.79 Å². The molecule has 2 aromatic heterocycles. The van der Waals surface area contributed by atoms with Gasteiger partial charge in [-0.05, 0) is 48.2 Å². The van der Waals surface area contributed by atoms with Crippen molar-refractivity contribution in [2.24, 2.45) is 0 Å². The first-order valence-electron chi connectivity index (χ1n) is 10.6. The zero-order valence-electron chi connectivity index (χ0n) is 18.1. The van der Waals surface area contributed by atoms with E-state index >= 15 is 0 Å². The van der Waals surface area contributed by atoms with Gasteiger partial charge in [0.1, 0.15) is 5.75 Å². The smallest absolute Gasteiger partial charge is 0.249 e. The highest BCUT2D eigenvalue weighted by Gasteiger charge is 2.46. The highest BCUT2D eigenvalue weighted by Crippen LogP contribution is 2.45. The number of aromatic nitrogens is 5. The summed E-state index contributed by atoms with van der Waals surface area (Å²) in [6.07, 6.45) is 5.92. The molecular weight excluding hydrogens is 418 g/mol. The second-order valence-corrected chi connectivity index (χ2v) is 8.03.